The van der Waals surface area contributed by atoms with Crippen LogP contribution in [0.1, 0.15) is 36.5 Å². The van der Waals surface area contributed by atoms with Crippen molar-refractivity contribution in [2.45, 2.75) is 38.0 Å². The number of nitrogens with one attached hydrogen (secondary N) is 3. The minimum atomic E-state index is -0.901. The number of ketones is 1. The van der Waals surface area contributed by atoms with Gasteiger partial charge in [-0.25, -0.2) is 0 Å². The molecule has 0 bridgehead atoms. The first-order valence-electron chi connectivity index (χ1n) is 7.22. The smallest absolute Gasteiger partial charge is 0.205 e. The second-order valence-electron chi connectivity index (χ2n) is 5.39. The zero-order chi connectivity index (χ0) is 14.9. The molecule has 0 saturated carbocycles. The fourth-order valence-electron chi connectivity index (χ4n) is 2.98. The summed E-state index contributed by atoms with van der Waals surface area (Å²) in [6.07, 6.45) is 2.44. The van der Waals surface area contributed by atoms with E-state index in [0.717, 1.165) is 30.8 Å². The molecule has 1 saturated heterocycles. The normalized spacial score (nSPS) is 26.4. The molecule has 1 unspecified atom stereocenters. The van der Waals surface area contributed by atoms with Gasteiger partial charge in [0.05, 0.1) is 17.4 Å². The minimum Gasteiger partial charge on any atom is -0.355 e. The van der Waals surface area contributed by atoms with Crippen LogP contribution in [-0.2, 0) is 0 Å². The molecule has 0 amide bonds. The topological polar surface area (TPSA) is 102 Å². The quantitative estimate of drug-likeness (QED) is 0.343. The maximum atomic E-state index is 11.8. The molecule has 0 aliphatic carbocycles. The molecular weight excluding hydrogens is 268 g/mol. The highest BCUT2D eigenvalue weighted by Crippen LogP contribution is 2.39. The summed E-state index contributed by atoms with van der Waals surface area (Å²) in [7, 11) is 0. The second-order valence-corrected chi connectivity index (χ2v) is 5.39. The molecular formula is C14H18N6O. The molecule has 0 radical (unpaired) electrons. The van der Waals surface area contributed by atoms with E-state index >= 15 is 0 Å². The summed E-state index contributed by atoms with van der Waals surface area (Å²) in [6, 6.07) is 5.49. The summed E-state index contributed by atoms with van der Waals surface area (Å²) in [5.74, 6) is -0.804. The molecule has 0 aromatic heterocycles. The summed E-state index contributed by atoms with van der Waals surface area (Å²) in [5, 5.41) is 13.8. The van der Waals surface area contributed by atoms with Crippen LogP contribution in [0.15, 0.2) is 23.3 Å². The van der Waals surface area contributed by atoms with Crippen LogP contribution in [0.25, 0.3) is 10.4 Å². The van der Waals surface area contributed by atoms with Crippen molar-refractivity contribution in [3.63, 3.8) is 0 Å². The van der Waals surface area contributed by atoms with Gasteiger partial charge in [0.15, 0.2) is 5.78 Å². The lowest BCUT2D eigenvalue weighted by Gasteiger charge is -2.31. The number of benzene rings is 1. The van der Waals surface area contributed by atoms with Crippen LogP contribution in [-0.4, -0.2) is 24.2 Å². The Morgan fingerprint density at radius 1 is 1.48 bits per heavy atom. The summed E-state index contributed by atoms with van der Waals surface area (Å²) >= 11 is 0. The Bertz CT molecular complexity index is 618. The molecule has 2 aliphatic rings. The zero-order valence-corrected chi connectivity index (χ0v) is 11.9. The minimum absolute atomic E-state index is 0.0196. The van der Waals surface area contributed by atoms with E-state index in [0.29, 0.717) is 12.0 Å². The highest BCUT2D eigenvalue weighted by atomic mass is 16.1. The fraction of sp³-hybridized carbons (Fsp3) is 0.500. The fourth-order valence-corrected chi connectivity index (χ4v) is 2.98. The summed E-state index contributed by atoms with van der Waals surface area (Å²) < 4.78 is 0. The van der Waals surface area contributed by atoms with Crippen LogP contribution in [0.4, 0.5) is 11.4 Å². The molecule has 3 rings (SSSR count). The molecule has 7 nitrogen and oxygen atoms in total. The van der Waals surface area contributed by atoms with Gasteiger partial charge in [0.25, 0.3) is 0 Å². The van der Waals surface area contributed by atoms with Crippen molar-refractivity contribution in [3.05, 3.63) is 34.2 Å². The van der Waals surface area contributed by atoms with E-state index in [9.17, 15) is 4.79 Å². The van der Waals surface area contributed by atoms with Crippen molar-refractivity contribution in [3.8, 4) is 0 Å². The number of hydrogen-bond donors (Lipinski definition) is 3. The highest BCUT2D eigenvalue weighted by Gasteiger charge is 2.44. The predicted molar refractivity (Wildman–Crippen MR) is 81.2 cm³/mol. The Hall–Kier alpha value is -2.24. The first-order valence-corrected chi connectivity index (χ1v) is 7.22. The molecule has 1 fully saturated rings. The number of rotatable bonds is 4. The number of Topliss-reactive ketones (excluding diaryl/α,β-unsaturated/α-hetero) is 1. The van der Waals surface area contributed by atoms with Crippen LogP contribution in [0.5, 0.6) is 0 Å². The molecule has 2 aliphatic heterocycles. The summed E-state index contributed by atoms with van der Waals surface area (Å²) in [5.41, 5.74) is 11.2. The van der Waals surface area contributed by atoms with Crippen molar-refractivity contribution < 1.29 is 4.79 Å². The number of azide groups is 1. The van der Waals surface area contributed by atoms with Crippen LogP contribution >= 0.6 is 0 Å². The summed E-state index contributed by atoms with van der Waals surface area (Å²) in [4.78, 5) is 14.8. The van der Waals surface area contributed by atoms with Gasteiger partial charge in [0.2, 0.25) is 5.79 Å². The Labute approximate surface area is 122 Å². The van der Waals surface area contributed by atoms with Gasteiger partial charge in [0.1, 0.15) is 0 Å². The van der Waals surface area contributed by atoms with Crippen LogP contribution < -0.4 is 16.0 Å². The molecule has 2 heterocycles. The lowest BCUT2D eigenvalue weighted by molar-refractivity contribution is 0.0988. The highest BCUT2D eigenvalue weighted by molar-refractivity contribution is 5.98. The third kappa shape index (κ3) is 2.30. The average Bonchev–Trinajstić information content (AvgIpc) is 3.13. The van der Waals surface area contributed by atoms with Gasteiger partial charge in [-0.05, 0) is 48.2 Å². The lowest BCUT2D eigenvalue weighted by Crippen LogP contribution is -2.54. The Balaban J connectivity index is 1.94. The molecule has 1 aromatic carbocycles. The monoisotopic (exact) mass is 286 g/mol. The number of carbonyl (C=O) groups is 1. The molecule has 110 valence electrons. The van der Waals surface area contributed by atoms with Crippen molar-refractivity contribution >= 4 is 17.2 Å². The number of hydrogen-bond acceptors (Lipinski definition) is 5. The molecule has 0 spiro atoms. The maximum Gasteiger partial charge on any atom is 0.205 e. The van der Waals surface area contributed by atoms with Gasteiger partial charge in [-0.1, -0.05) is 6.92 Å². The Morgan fingerprint density at radius 3 is 2.95 bits per heavy atom. The average molecular weight is 286 g/mol. The van der Waals surface area contributed by atoms with E-state index in [2.05, 4.69) is 26.0 Å². The molecule has 21 heavy (non-hydrogen) atoms. The van der Waals surface area contributed by atoms with Gasteiger partial charge in [-0.15, -0.1) is 0 Å². The number of fused-ring (bicyclic) bond motifs is 1. The van der Waals surface area contributed by atoms with Crippen LogP contribution in [0.2, 0.25) is 0 Å². The van der Waals surface area contributed by atoms with E-state index in [1.165, 1.54) is 0 Å². The van der Waals surface area contributed by atoms with Crippen molar-refractivity contribution in [2.75, 3.05) is 17.2 Å². The van der Waals surface area contributed by atoms with Gasteiger partial charge >= 0.3 is 0 Å². The Kier molecular flexibility index (Phi) is 3.45. The van der Waals surface area contributed by atoms with E-state index in [4.69, 9.17) is 5.53 Å². The van der Waals surface area contributed by atoms with E-state index < -0.39 is 5.79 Å². The lowest BCUT2D eigenvalue weighted by atomic mass is 10.1. The molecule has 7 heteroatoms. The zero-order valence-electron chi connectivity index (χ0n) is 11.9. The number of carbonyl (C=O) groups excluding carboxylic acids is 1. The maximum absolute atomic E-state index is 11.8. The largest absolute Gasteiger partial charge is 0.355 e. The number of anilines is 2. The van der Waals surface area contributed by atoms with E-state index in [1.54, 1.807) is 6.07 Å². The third-order valence-electron chi connectivity index (χ3n) is 4.08. The van der Waals surface area contributed by atoms with Crippen molar-refractivity contribution in [2.24, 2.45) is 5.11 Å². The van der Waals surface area contributed by atoms with Gasteiger partial charge in [-0.3, -0.25) is 4.79 Å². The van der Waals surface area contributed by atoms with Crippen molar-refractivity contribution in [1.82, 2.24) is 5.32 Å². The van der Waals surface area contributed by atoms with Gasteiger partial charge < -0.3 is 16.0 Å². The van der Waals surface area contributed by atoms with Crippen molar-refractivity contribution in [1.29, 1.82) is 0 Å². The number of nitrogens with zero attached hydrogens (tertiary/aromatic N) is 3. The third-order valence-corrected chi connectivity index (χ3v) is 4.08. The summed E-state index contributed by atoms with van der Waals surface area (Å²) in [6.45, 7) is 2.75. The molecule has 3 N–H and O–H groups in total. The van der Waals surface area contributed by atoms with Gasteiger partial charge in [-0.2, -0.15) is 0 Å². The Morgan fingerprint density at radius 2 is 2.29 bits per heavy atom. The second kappa shape index (κ2) is 5.27. The van der Waals surface area contributed by atoms with E-state index in [-0.39, 0.29) is 11.8 Å². The SMILES string of the molecule is CCC(=O)c1ccc2c(c1)N[C@](N=[N+]=[N-])(C1CCCN1)N2. The predicted octanol–water partition coefficient (Wildman–Crippen LogP) is 2.83. The van der Waals surface area contributed by atoms with Gasteiger partial charge in [0, 0.05) is 16.9 Å². The standard InChI is InChI=1S/C14H18N6O/c1-2-12(21)9-5-6-10-11(8-9)18-14(17-10,19-20-15)13-4-3-7-16-13/h5-6,8,13,16-18H,2-4,7H2,1H3/t13?,14-/m0/s1. The first-order chi connectivity index (χ1) is 10.2. The first kappa shape index (κ1) is 13.7. The van der Waals surface area contributed by atoms with E-state index in [1.807, 2.05) is 19.1 Å². The van der Waals surface area contributed by atoms with Crippen LogP contribution in [0, 0.1) is 0 Å². The molecule has 1 aromatic rings. The molecule has 2 atom stereocenters. The van der Waals surface area contributed by atoms with Crippen LogP contribution in [0.3, 0.4) is 0 Å².